The van der Waals surface area contributed by atoms with Crippen LogP contribution in [0.3, 0.4) is 0 Å². The van der Waals surface area contributed by atoms with E-state index in [0.717, 1.165) is 24.8 Å². The van der Waals surface area contributed by atoms with E-state index in [1.807, 2.05) is 31.2 Å². The molecule has 1 unspecified atom stereocenters. The lowest BCUT2D eigenvalue weighted by molar-refractivity contribution is 0.127. The van der Waals surface area contributed by atoms with Crippen LogP contribution in [0.25, 0.3) is 0 Å². The Morgan fingerprint density at radius 3 is 2.60 bits per heavy atom. The highest BCUT2D eigenvalue weighted by atomic mass is 35.5. The van der Waals surface area contributed by atoms with Gasteiger partial charge in [-0.3, -0.25) is 0 Å². The van der Waals surface area contributed by atoms with Crippen molar-refractivity contribution in [1.29, 1.82) is 0 Å². The number of benzene rings is 1. The average Bonchev–Trinajstić information content (AvgIpc) is 2.25. The molecule has 0 heterocycles. The smallest absolute Gasteiger partial charge is 0.0616 e. The maximum absolute atomic E-state index is 5.80. The summed E-state index contributed by atoms with van der Waals surface area (Å²) in [6.45, 7) is 6.50. The van der Waals surface area contributed by atoms with Crippen LogP contribution in [0, 0.1) is 0 Å². The first kappa shape index (κ1) is 12.5. The second-order valence-electron chi connectivity index (χ2n) is 3.57. The van der Waals surface area contributed by atoms with E-state index in [2.05, 4.69) is 12.2 Å². The van der Waals surface area contributed by atoms with Crippen LogP contribution in [0.2, 0.25) is 5.02 Å². The largest absolute Gasteiger partial charge is 0.380 e. The fraction of sp³-hybridized carbons (Fsp3) is 0.500. The van der Waals surface area contributed by atoms with Crippen molar-refractivity contribution >= 4 is 11.6 Å². The van der Waals surface area contributed by atoms with Crippen LogP contribution in [0.4, 0.5) is 0 Å². The Hall–Kier alpha value is -0.570. The molecule has 0 saturated heterocycles. The minimum atomic E-state index is 0.376. The highest BCUT2D eigenvalue weighted by Gasteiger charge is 2.00. The Morgan fingerprint density at radius 1 is 1.33 bits per heavy atom. The van der Waals surface area contributed by atoms with Gasteiger partial charge in [-0.05, 0) is 31.5 Å². The molecule has 15 heavy (non-hydrogen) atoms. The van der Waals surface area contributed by atoms with Gasteiger partial charge in [0.25, 0.3) is 0 Å². The Morgan fingerprint density at radius 2 is 2.00 bits per heavy atom. The maximum atomic E-state index is 5.80. The summed E-state index contributed by atoms with van der Waals surface area (Å²) >= 11 is 5.80. The third kappa shape index (κ3) is 5.17. The summed E-state index contributed by atoms with van der Waals surface area (Å²) in [5.74, 6) is 0. The summed E-state index contributed by atoms with van der Waals surface area (Å²) in [6.07, 6.45) is 0. The van der Waals surface area contributed by atoms with Gasteiger partial charge >= 0.3 is 0 Å². The summed E-state index contributed by atoms with van der Waals surface area (Å²) in [7, 11) is 0. The molecule has 0 spiro atoms. The number of nitrogens with one attached hydrogen (secondary N) is 1. The van der Waals surface area contributed by atoms with E-state index in [-0.39, 0.29) is 0 Å². The molecular weight excluding hydrogens is 210 g/mol. The normalized spacial score (nSPS) is 12.7. The van der Waals surface area contributed by atoms with Crippen LogP contribution in [0.5, 0.6) is 0 Å². The van der Waals surface area contributed by atoms with Crippen molar-refractivity contribution < 1.29 is 4.74 Å². The summed E-state index contributed by atoms with van der Waals surface area (Å²) < 4.78 is 5.32. The number of halogens is 1. The van der Waals surface area contributed by atoms with E-state index in [0.29, 0.717) is 6.04 Å². The molecule has 0 amide bonds. The zero-order valence-electron chi connectivity index (χ0n) is 9.29. The van der Waals surface area contributed by atoms with Gasteiger partial charge in [0.05, 0.1) is 6.61 Å². The lowest BCUT2D eigenvalue weighted by Crippen LogP contribution is -2.30. The average molecular weight is 228 g/mol. The van der Waals surface area contributed by atoms with Gasteiger partial charge in [-0.15, -0.1) is 0 Å². The lowest BCUT2D eigenvalue weighted by Gasteiger charge is -2.13. The van der Waals surface area contributed by atoms with Crippen LogP contribution < -0.4 is 5.32 Å². The molecule has 0 fully saturated rings. The van der Waals surface area contributed by atoms with Gasteiger partial charge in [0, 0.05) is 24.2 Å². The topological polar surface area (TPSA) is 21.3 Å². The fourth-order valence-electron chi connectivity index (χ4n) is 1.25. The SMILES string of the molecule is CCOCC(C)NCc1ccc(Cl)cc1. The molecule has 0 bridgehead atoms. The summed E-state index contributed by atoms with van der Waals surface area (Å²) in [5, 5.41) is 4.16. The highest BCUT2D eigenvalue weighted by molar-refractivity contribution is 6.30. The van der Waals surface area contributed by atoms with Crippen molar-refractivity contribution in [3.63, 3.8) is 0 Å². The van der Waals surface area contributed by atoms with Gasteiger partial charge in [0.2, 0.25) is 0 Å². The molecule has 1 atom stereocenters. The zero-order valence-corrected chi connectivity index (χ0v) is 10.1. The lowest BCUT2D eigenvalue weighted by atomic mass is 10.2. The van der Waals surface area contributed by atoms with E-state index in [1.165, 1.54) is 5.56 Å². The summed E-state index contributed by atoms with van der Waals surface area (Å²) in [4.78, 5) is 0. The standard InChI is InChI=1S/C12H18ClNO/c1-3-15-9-10(2)14-8-11-4-6-12(13)7-5-11/h4-7,10,14H,3,8-9H2,1-2H3. The van der Waals surface area contributed by atoms with Crippen LogP contribution in [0.15, 0.2) is 24.3 Å². The monoisotopic (exact) mass is 227 g/mol. The second kappa shape index (κ2) is 6.83. The van der Waals surface area contributed by atoms with Crippen molar-refractivity contribution in [3.8, 4) is 0 Å². The molecule has 3 heteroatoms. The first-order chi connectivity index (χ1) is 7.22. The van der Waals surface area contributed by atoms with Crippen LogP contribution >= 0.6 is 11.6 Å². The predicted octanol–water partition coefficient (Wildman–Crippen LogP) is 2.85. The van der Waals surface area contributed by atoms with Gasteiger partial charge in [-0.25, -0.2) is 0 Å². The molecule has 84 valence electrons. The fourth-order valence-corrected chi connectivity index (χ4v) is 1.37. The maximum Gasteiger partial charge on any atom is 0.0616 e. The first-order valence-corrected chi connectivity index (χ1v) is 5.65. The third-order valence-electron chi connectivity index (χ3n) is 2.14. The van der Waals surface area contributed by atoms with E-state index < -0.39 is 0 Å². The number of rotatable bonds is 6. The minimum Gasteiger partial charge on any atom is -0.380 e. The Bertz CT molecular complexity index is 273. The van der Waals surface area contributed by atoms with Gasteiger partial charge in [0.15, 0.2) is 0 Å². The second-order valence-corrected chi connectivity index (χ2v) is 4.00. The van der Waals surface area contributed by atoms with Crippen LogP contribution in [-0.4, -0.2) is 19.3 Å². The number of ether oxygens (including phenoxy) is 1. The molecular formula is C12H18ClNO. The first-order valence-electron chi connectivity index (χ1n) is 5.28. The zero-order chi connectivity index (χ0) is 11.1. The Kier molecular flexibility index (Phi) is 5.69. The molecule has 1 aromatic carbocycles. The van der Waals surface area contributed by atoms with Gasteiger partial charge < -0.3 is 10.1 Å². The van der Waals surface area contributed by atoms with Gasteiger partial charge in [0.1, 0.15) is 0 Å². The molecule has 0 aromatic heterocycles. The molecule has 2 nitrogen and oxygen atoms in total. The van der Waals surface area contributed by atoms with Gasteiger partial charge in [-0.2, -0.15) is 0 Å². The van der Waals surface area contributed by atoms with Crippen molar-refractivity contribution in [2.45, 2.75) is 26.4 Å². The molecule has 1 N–H and O–H groups in total. The molecule has 0 saturated carbocycles. The van der Waals surface area contributed by atoms with Crippen LogP contribution in [0.1, 0.15) is 19.4 Å². The predicted molar refractivity (Wildman–Crippen MR) is 64.2 cm³/mol. The van der Waals surface area contributed by atoms with Gasteiger partial charge in [-0.1, -0.05) is 23.7 Å². The van der Waals surface area contributed by atoms with E-state index in [4.69, 9.17) is 16.3 Å². The molecule has 0 aliphatic carbocycles. The van der Waals surface area contributed by atoms with Crippen molar-refractivity contribution in [1.82, 2.24) is 5.32 Å². The number of hydrogen-bond acceptors (Lipinski definition) is 2. The van der Waals surface area contributed by atoms with Crippen molar-refractivity contribution in [3.05, 3.63) is 34.9 Å². The van der Waals surface area contributed by atoms with Crippen LogP contribution in [-0.2, 0) is 11.3 Å². The molecule has 0 radical (unpaired) electrons. The van der Waals surface area contributed by atoms with E-state index in [1.54, 1.807) is 0 Å². The third-order valence-corrected chi connectivity index (χ3v) is 2.39. The molecule has 1 aromatic rings. The van der Waals surface area contributed by atoms with E-state index >= 15 is 0 Å². The van der Waals surface area contributed by atoms with Crippen molar-refractivity contribution in [2.75, 3.05) is 13.2 Å². The summed E-state index contributed by atoms with van der Waals surface area (Å²) in [5.41, 5.74) is 1.24. The highest BCUT2D eigenvalue weighted by Crippen LogP contribution is 2.09. The number of hydrogen-bond donors (Lipinski definition) is 1. The van der Waals surface area contributed by atoms with Crippen molar-refractivity contribution in [2.24, 2.45) is 0 Å². The van der Waals surface area contributed by atoms with E-state index in [9.17, 15) is 0 Å². The summed E-state index contributed by atoms with van der Waals surface area (Å²) in [6, 6.07) is 8.25. The molecule has 1 rings (SSSR count). The Labute approximate surface area is 96.6 Å². The Balaban J connectivity index is 2.27. The minimum absolute atomic E-state index is 0.376. The molecule has 0 aliphatic heterocycles. The molecule has 0 aliphatic rings. The quantitative estimate of drug-likeness (QED) is 0.807.